The van der Waals surface area contributed by atoms with E-state index in [1.165, 1.54) is 12.4 Å². The summed E-state index contributed by atoms with van der Waals surface area (Å²) in [5, 5.41) is 8.15. The molecule has 0 saturated carbocycles. The number of hydrogen-bond acceptors (Lipinski definition) is 5. The molecule has 0 radical (unpaired) electrons. The van der Waals surface area contributed by atoms with Crippen LogP contribution in [0.25, 0.3) is 10.9 Å². The molecule has 1 N–H and O–H groups in total. The summed E-state index contributed by atoms with van der Waals surface area (Å²) < 4.78 is 16.0. The van der Waals surface area contributed by atoms with Crippen molar-refractivity contribution in [3.05, 3.63) is 42.0 Å². The quantitative estimate of drug-likeness (QED) is 0.784. The smallest absolute Gasteiger partial charge is 0.147 e. The summed E-state index contributed by atoms with van der Waals surface area (Å²) in [6, 6.07) is 5.01. The highest BCUT2D eigenvalue weighted by molar-refractivity contribution is 5.89. The minimum absolute atomic E-state index is 0.145. The Balaban J connectivity index is 1.65. The van der Waals surface area contributed by atoms with Gasteiger partial charge >= 0.3 is 0 Å². The van der Waals surface area contributed by atoms with Crippen molar-refractivity contribution in [1.29, 1.82) is 0 Å². The second-order valence-corrected chi connectivity index (χ2v) is 5.49. The van der Waals surface area contributed by atoms with Crippen molar-refractivity contribution in [2.45, 2.75) is 32.4 Å². The first-order chi connectivity index (χ1) is 10.7. The Kier molecular flexibility index (Phi) is 2.99. The zero-order valence-corrected chi connectivity index (χ0v) is 12.1. The predicted octanol–water partition coefficient (Wildman–Crippen LogP) is 2.10. The monoisotopic (exact) mass is 298 g/mol. The number of benzene rings is 1. The molecule has 0 bridgehead atoms. The van der Waals surface area contributed by atoms with Crippen molar-refractivity contribution in [3.63, 3.8) is 0 Å². The highest BCUT2D eigenvalue weighted by Crippen LogP contribution is 2.24. The van der Waals surface area contributed by atoms with E-state index in [2.05, 4.69) is 25.4 Å². The summed E-state index contributed by atoms with van der Waals surface area (Å²) in [6.45, 7) is 2.59. The third-order valence-corrected chi connectivity index (χ3v) is 3.92. The molecule has 1 aromatic carbocycles. The van der Waals surface area contributed by atoms with Crippen molar-refractivity contribution >= 4 is 16.7 Å². The first-order valence-electron chi connectivity index (χ1n) is 7.27. The summed E-state index contributed by atoms with van der Waals surface area (Å²) in [5.74, 6) is 2.02. The SMILES string of the molecule is Cc1nc2n(n1)C[C@@H](Nc1ncnc3cccc(F)c13)CC2. The predicted molar refractivity (Wildman–Crippen MR) is 80.0 cm³/mol. The molecule has 0 fully saturated rings. The van der Waals surface area contributed by atoms with Gasteiger partial charge < -0.3 is 5.32 Å². The van der Waals surface area contributed by atoms with Gasteiger partial charge in [0.2, 0.25) is 0 Å². The Bertz CT molecular complexity index is 838. The third kappa shape index (κ3) is 2.18. The molecule has 2 aromatic heterocycles. The Morgan fingerprint density at radius 1 is 1.32 bits per heavy atom. The van der Waals surface area contributed by atoms with Gasteiger partial charge in [-0.05, 0) is 25.5 Å². The number of aryl methyl sites for hydroxylation is 2. The molecule has 0 saturated heterocycles. The Hall–Kier alpha value is -2.57. The number of halogens is 1. The fourth-order valence-corrected chi connectivity index (χ4v) is 2.92. The molecule has 22 heavy (non-hydrogen) atoms. The van der Waals surface area contributed by atoms with Crippen LogP contribution in [0.15, 0.2) is 24.5 Å². The highest BCUT2D eigenvalue weighted by Gasteiger charge is 2.22. The zero-order valence-electron chi connectivity index (χ0n) is 12.1. The molecule has 4 rings (SSSR count). The maximum Gasteiger partial charge on any atom is 0.147 e. The molecule has 3 heterocycles. The topological polar surface area (TPSA) is 68.5 Å². The minimum Gasteiger partial charge on any atom is -0.365 e. The number of nitrogens with zero attached hydrogens (tertiary/aromatic N) is 5. The van der Waals surface area contributed by atoms with E-state index in [-0.39, 0.29) is 11.9 Å². The molecule has 112 valence electrons. The number of aromatic nitrogens is 5. The summed E-state index contributed by atoms with van der Waals surface area (Å²) in [4.78, 5) is 12.7. The van der Waals surface area contributed by atoms with Crippen LogP contribution in [0.3, 0.4) is 0 Å². The van der Waals surface area contributed by atoms with Crippen LogP contribution in [-0.2, 0) is 13.0 Å². The number of hydrogen-bond donors (Lipinski definition) is 1. The minimum atomic E-state index is -0.311. The molecule has 3 aromatic rings. The number of anilines is 1. The molecule has 7 heteroatoms. The lowest BCUT2D eigenvalue weighted by molar-refractivity contribution is 0.440. The average molecular weight is 298 g/mol. The van der Waals surface area contributed by atoms with Gasteiger partial charge in [-0.15, -0.1) is 0 Å². The highest BCUT2D eigenvalue weighted by atomic mass is 19.1. The van der Waals surface area contributed by atoms with E-state index in [1.807, 2.05) is 11.6 Å². The number of nitrogens with one attached hydrogen (secondary N) is 1. The Morgan fingerprint density at radius 3 is 3.14 bits per heavy atom. The molecule has 1 atom stereocenters. The van der Waals surface area contributed by atoms with E-state index < -0.39 is 0 Å². The van der Waals surface area contributed by atoms with E-state index in [1.54, 1.807) is 12.1 Å². The number of fused-ring (bicyclic) bond motifs is 2. The maximum absolute atomic E-state index is 14.1. The zero-order chi connectivity index (χ0) is 15.1. The standard InChI is InChI=1S/C15H15FN6/c1-9-19-13-6-5-10(7-22(13)21-9)20-15-14-11(16)3-2-4-12(14)17-8-18-15/h2-4,8,10H,5-7H2,1H3,(H,17,18,20)/t10-/m0/s1. The molecule has 0 aliphatic carbocycles. The van der Waals surface area contributed by atoms with E-state index in [9.17, 15) is 4.39 Å². The van der Waals surface area contributed by atoms with E-state index in [0.29, 0.717) is 23.3 Å². The summed E-state index contributed by atoms with van der Waals surface area (Å²) in [5.41, 5.74) is 0.602. The molecular formula is C15H15FN6. The van der Waals surface area contributed by atoms with Crippen molar-refractivity contribution in [1.82, 2.24) is 24.7 Å². The molecular weight excluding hydrogens is 283 g/mol. The molecule has 6 nitrogen and oxygen atoms in total. The third-order valence-electron chi connectivity index (χ3n) is 3.92. The lowest BCUT2D eigenvalue weighted by atomic mass is 10.1. The molecule has 0 spiro atoms. The maximum atomic E-state index is 14.1. The van der Waals surface area contributed by atoms with Crippen molar-refractivity contribution in [2.75, 3.05) is 5.32 Å². The fraction of sp³-hybridized carbons (Fsp3) is 0.333. The van der Waals surface area contributed by atoms with Gasteiger partial charge in [0.05, 0.1) is 17.4 Å². The van der Waals surface area contributed by atoms with Crippen molar-refractivity contribution in [2.24, 2.45) is 0 Å². The summed E-state index contributed by atoms with van der Waals surface area (Å²) >= 11 is 0. The Morgan fingerprint density at radius 2 is 2.23 bits per heavy atom. The lowest BCUT2D eigenvalue weighted by Gasteiger charge is -2.24. The fourth-order valence-electron chi connectivity index (χ4n) is 2.92. The van der Waals surface area contributed by atoms with Crippen LogP contribution in [-0.4, -0.2) is 30.8 Å². The van der Waals surface area contributed by atoms with Gasteiger partial charge in [-0.3, -0.25) is 0 Å². The van der Waals surface area contributed by atoms with Crippen LogP contribution < -0.4 is 5.32 Å². The first-order valence-corrected chi connectivity index (χ1v) is 7.27. The van der Waals surface area contributed by atoms with Gasteiger partial charge in [0.15, 0.2) is 0 Å². The van der Waals surface area contributed by atoms with Crippen LogP contribution in [0, 0.1) is 12.7 Å². The summed E-state index contributed by atoms with van der Waals surface area (Å²) in [7, 11) is 0. The van der Waals surface area contributed by atoms with Gasteiger partial charge in [-0.1, -0.05) is 6.07 Å². The second-order valence-electron chi connectivity index (χ2n) is 5.49. The molecule has 1 aliphatic heterocycles. The van der Waals surface area contributed by atoms with Gasteiger partial charge in [0.1, 0.15) is 29.6 Å². The lowest BCUT2D eigenvalue weighted by Crippen LogP contribution is -2.32. The average Bonchev–Trinajstić information content (AvgIpc) is 2.87. The number of rotatable bonds is 2. The molecule has 1 aliphatic rings. The van der Waals surface area contributed by atoms with E-state index >= 15 is 0 Å². The molecule has 0 amide bonds. The van der Waals surface area contributed by atoms with E-state index in [4.69, 9.17) is 0 Å². The molecule has 0 unspecified atom stereocenters. The van der Waals surface area contributed by atoms with Gasteiger partial charge in [0.25, 0.3) is 0 Å². The van der Waals surface area contributed by atoms with Gasteiger partial charge in [0, 0.05) is 12.5 Å². The van der Waals surface area contributed by atoms with Crippen LogP contribution >= 0.6 is 0 Å². The summed E-state index contributed by atoms with van der Waals surface area (Å²) in [6.07, 6.45) is 3.22. The normalized spacial score (nSPS) is 17.5. The van der Waals surface area contributed by atoms with Crippen LogP contribution in [0.4, 0.5) is 10.2 Å². The second kappa shape index (κ2) is 5.01. The van der Waals surface area contributed by atoms with Gasteiger partial charge in [-0.2, -0.15) is 5.10 Å². The van der Waals surface area contributed by atoms with Crippen LogP contribution in [0.2, 0.25) is 0 Å². The largest absolute Gasteiger partial charge is 0.365 e. The first kappa shape index (κ1) is 13.1. The Labute approximate surface area is 126 Å². The van der Waals surface area contributed by atoms with Crippen LogP contribution in [0.1, 0.15) is 18.1 Å². The van der Waals surface area contributed by atoms with Crippen molar-refractivity contribution in [3.8, 4) is 0 Å². The van der Waals surface area contributed by atoms with Gasteiger partial charge in [-0.25, -0.2) is 24.0 Å². The van der Waals surface area contributed by atoms with E-state index in [0.717, 1.165) is 24.5 Å². The van der Waals surface area contributed by atoms with Crippen LogP contribution in [0.5, 0.6) is 0 Å². The van der Waals surface area contributed by atoms with Crippen molar-refractivity contribution < 1.29 is 4.39 Å².